The molecule has 0 saturated heterocycles. The van der Waals surface area contributed by atoms with Crippen LogP contribution in [0.2, 0.25) is 0 Å². The van der Waals surface area contributed by atoms with Gasteiger partial charge in [0, 0.05) is 5.39 Å². The third-order valence-corrected chi connectivity index (χ3v) is 10.00. The number of hydrogen-bond acceptors (Lipinski definition) is 1. The monoisotopic (exact) mass is 376 g/mol. The van der Waals surface area contributed by atoms with E-state index in [4.69, 9.17) is 4.42 Å². The van der Waals surface area contributed by atoms with E-state index in [-0.39, 0.29) is 0 Å². The van der Waals surface area contributed by atoms with Crippen LogP contribution in [0.1, 0.15) is 0 Å². The van der Waals surface area contributed by atoms with Crippen molar-refractivity contribution in [2.45, 2.75) is 0 Å². The Hall–Kier alpha value is -3.36. The summed E-state index contributed by atoms with van der Waals surface area (Å²) in [6, 6.07) is 43.1. The zero-order valence-corrected chi connectivity index (χ0v) is 16.5. The Balaban J connectivity index is 1.92. The molecule has 0 unspecified atom stereocenters. The molecule has 4 aromatic carbocycles. The lowest BCUT2D eigenvalue weighted by atomic mass is 10.3. The number of benzene rings is 4. The van der Waals surface area contributed by atoms with Crippen LogP contribution in [-0.2, 0) is 0 Å². The predicted octanol–water partition coefficient (Wildman–Crippen LogP) is 3.81. The van der Waals surface area contributed by atoms with Crippen molar-refractivity contribution in [3.63, 3.8) is 0 Å². The van der Waals surface area contributed by atoms with Crippen LogP contribution in [0.3, 0.4) is 0 Å². The van der Waals surface area contributed by atoms with Crippen molar-refractivity contribution < 1.29 is 4.42 Å². The van der Waals surface area contributed by atoms with E-state index >= 15 is 0 Å². The van der Waals surface area contributed by atoms with Gasteiger partial charge in [-0.25, -0.2) is 0 Å². The van der Waals surface area contributed by atoms with E-state index in [1.807, 2.05) is 6.07 Å². The third kappa shape index (κ3) is 2.62. The fourth-order valence-corrected chi connectivity index (χ4v) is 8.72. The molecule has 0 bridgehead atoms. The molecule has 0 N–H and O–H groups in total. The minimum atomic E-state index is -2.55. The topological polar surface area (TPSA) is 13.1 Å². The van der Waals surface area contributed by atoms with Gasteiger partial charge in [0.25, 0.3) is 0 Å². The SMILES string of the molecule is c1ccc([Si](c2ccccc2)(c2ccccc2)c2cc3ccccc3o2)cc1. The molecule has 0 radical (unpaired) electrons. The minimum Gasteiger partial charge on any atom is -0.465 e. The second-order valence-corrected chi connectivity index (χ2v) is 10.7. The maximum absolute atomic E-state index is 6.56. The molecule has 1 nitrogen and oxygen atoms in total. The third-order valence-electron chi connectivity index (χ3n) is 5.42. The van der Waals surface area contributed by atoms with Crippen molar-refractivity contribution in [2.24, 2.45) is 0 Å². The summed E-state index contributed by atoms with van der Waals surface area (Å²) < 4.78 is 6.56. The molecule has 0 aliphatic rings. The van der Waals surface area contributed by atoms with Crippen LogP contribution >= 0.6 is 0 Å². The Morgan fingerprint density at radius 3 is 1.36 bits per heavy atom. The fourth-order valence-electron chi connectivity index (χ4n) is 4.16. The normalized spacial score (nSPS) is 11.6. The lowest BCUT2D eigenvalue weighted by molar-refractivity contribution is 0.650. The van der Waals surface area contributed by atoms with Gasteiger partial charge in [-0.15, -0.1) is 0 Å². The van der Waals surface area contributed by atoms with E-state index < -0.39 is 8.07 Å². The van der Waals surface area contributed by atoms with E-state index in [0.717, 1.165) is 16.4 Å². The molecule has 5 rings (SSSR count). The molecule has 0 aliphatic heterocycles. The Morgan fingerprint density at radius 2 is 0.893 bits per heavy atom. The van der Waals surface area contributed by atoms with Crippen molar-refractivity contribution in [3.05, 3.63) is 121 Å². The second-order valence-electron chi connectivity index (χ2n) is 7.00. The first-order valence-corrected chi connectivity index (χ1v) is 11.5. The zero-order valence-electron chi connectivity index (χ0n) is 15.5. The van der Waals surface area contributed by atoms with Crippen LogP contribution in [0.4, 0.5) is 0 Å². The highest BCUT2D eigenvalue weighted by Gasteiger charge is 2.44. The van der Waals surface area contributed by atoms with Crippen molar-refractivity contribution in [1.29, 1.82) is 0 Å². The summed E-state index contributed by atoms with van der Waals surface area (Å²) in [5.74, 6) is 0. The molecule has 0 fully saturated rings. The van der Waals surface area contributed by atoms with E-state index in [0.29, 0.717) is 0 Å². The van der Waals surface area contributed by atoms with Gasteiger partial charge in [0.05, 0.1) is 5.38 Å². The molecule has 0 amide bonds. The van der Waals surface area contributed by atoms with Gasteiger partial charge in [-0.05, 0) is 27.7 Å². The van der Waals surface area contributed by atoms with Gasteiger partial charge in [0.2, 0.25) is 8.07 Å². The lowest BCUT2D eigenvalue weighted by Gasteiger charge is -2.31. The molecule has 134 valence electrons. The highest BCUT2D eigenvalue weighted by Crippen LogP contribution is 2.17. The summed E-state index contributed by atoms with van der Waals surface area (Å²) in [5.41, 5.74) is 0.942. The molecule has 1 aromatic heterocycles. The highest BCUT2D eigenvalue weighted by atomic mass is 28.3. The number of hydrogen-bond donors (Lipinski definition) is 0. The van der Waals surface area contributed by atoms with Crippen molar-refractivity contribution in [1.82, 2.24) is 0 Å². The average molecular weight is 377 g/mol. The number of rotatable bonds is 4. The molecule has 0 spiro atoms. The van der Waals surface area contributed by atoms with Crippen molar-refractivity contribution >= 4 is 40.0 Å². The van der Waals surface area contributed by atoms with E-state index in [2.05, 4.69) is 115 Å². The van der Waals surface area contributed by atoms with Gasteiger partial charge in [-0.2, -0.15) is 0 Å². The molecule has 0 atom stereocenters. The van der Waals surface area contributed by atoms with Gasteiger partial charge in [-0.3, -0.25) is 0 Å². The van der Waals surface area contributed by atoms with E-state index in [1.165, 1.54) is 15.6 Å². The summed E-state index contributed by atoms with van der Waals surface area (Å²) in [7, 11) is -2.55. The van der Waals surface area contributed by atoms with Crippen LogP contribution in [0.15, 0.2) is 126 Å². The first kappa shape index (κ1) is 16.8. The van der Waals surface area contributed by atoms with Crippen molar-refractivity contribution in [2.75, 3.05) is 0 Å². The molecule has 28 heavy (non-hydrogen) atoms. The standard InChI is InChI=1S/C26H20OSi/c1-4-13-22(14-5-1)28(23-15-6-2-7-16-23,24-17-8-3-9-18-24)26-20-21-12-10-11-19-25(21)27-26/h1-20H. The average Bonchev–Trinajstić information content (AvgIpc) is 3.21. The van der Waals surface area contributed by atoms with Crippen LogP contribution in [0, 0.1) is 0 Å². The summed E-state index contributed by atoms with van der Waals surface area (Å²) in [6.07, 6.45) is 0. The van der Waals surface area contributed by atoms with Gasteiger partial charge >= 0.3 is 0 Å². The molecule has 2 heteroatoms. The van der Waals surface area contributed by atoms with Crippen LogP contribution in [0.5, 0.6) is 0 Å². The smallest absolute Gasteiger partial charge is 0.223 e. The first-order valence-electron chi connectivity index (χ1n) is 9.54. The van der Waals surface area contributed by atoms with Crippen LogP contribution in [-0.4, -0.2) is 8.07 Å². The molecule has 0 saturated carbocycles. The second kappa shape index (κ2) is 6.99. The molecule has 0 aliphatic carbocycles. The Labute approximate surface area is 165 Å². The Kier molecular flexibility index (Phi) is 4.19. The summed E-state index contributed by atoms with van der Waals surface area (Å²) in [4.78, 5) is 0. The molecular formula is C26H20OSi. The maximum Gasteiger partial charge on any atom is 0.223 e. The zero-order chi connectivity index (χ0) is 18.8. The maximum atomic E-state index is 6.56. The van der Waals surface area contributed by atoms with Gasteiger partial charge in [0.1, 0.15) is 5.58 Å². The van der Waals surface area contributed by atoms with Crippen LogP contribution in [0.25, 0.3) is 11.0 Å². The van der Waals surface area contributed by atoms with Gasteiger partial charge in [-0.1, -0.05) is 109 Å². The van der Waals surface area contributed by atoms with Crippen LogP contribution < -0.4 is 20.9 Å². The minimum absolute atomic E-state index is 0.942. The summed E-state index contributed by atoms with van der Waals surface area (Å²) >= 11 is 0. The number of furan rings is 1. The predicted molar refractivity (Wildman–Crippen MR) is 120 cm³/mol. The van der Waals surface area contributed by atoms with Gasteiger partial charge < -0.3 is 4.42 Å². The van der Waals surface area contributed by atoms with E-state index in [9.17, 15) is 0 Å². The lowest BCUT2D eigenvalue weighted by Crippen LogP contribution is -2.74. The Morgan fingerprint density at radius 1 is 0.464 bits per heavy atom. The molecule has 1 heterocycles. The molecular weight excluding hydrogens is 356 g/mol. The fraction of sp³-hybridized carbons (Fsp3) is 0. The first-order chi connectivity index (χ1) is 13.9. The highest BCUT2D eigenvalue weighted by molar-refractivity contribution is 7.19. The largest absolute Gasteiger partial charge is 0.465 e. The van der Waals surface area contributed by atoms with Gasteiger partial charge in [0.15, 0.2) is 0 Å². The number of para-hydroxylation sites is 1. The van der Waals surface area contributed by atoms with E-state index in [1.54, 1.807) is 0 Å². The quantitative estimate of drug-likeness (QED) is 0.343. The molecule has 5 aromatic rings. The Bertz CT molecular complexity index is 1060. The number of fused-ring (bicyclic) bond motifs is 1. The summed E-state index contributed by atoms with van der Waals surface area (Å²) in [5, 5.41) is 6.19. The van der Waals surface area contributed by atoms with Crippen molar-refractivity contribution in [3.8, 4) is 0 Å². The summed E-state index contributed by atoms with van der Waals surface area (Å²) in [6.45, 7) is 0.